The summed E-state index contributed by atoms with van der Waals surface area (Å²) in [6.45, 7) is 10.2. The second-order valence-corrected chi connectivity index (χ2v) is 5.18. The molecule has 2 atom stereocenters. The van der Waals surface area contributed by atoms with Crippen LogP contribution in [0.25, 0.3) is 0 Å². The maximum atomic E-state index is 9.75. The van der Waals surface area contributed by atoms with Crippen LogP contribution in [0.1, 0.15) is 0 Å². The van der Waals surface area contributed by atoms with Gasteiger partial charge in [-0.2, -0.15) is 0 Å². The lowest BCUT2D eigenvalue weighted by atomic mass is 9.71. The molecule has 7 nitrogen and oxygen atoms in total. The summed E-state index contributed by atoms with van der Waals surface area (Å²) in [5.41, 5.74) is 11.5. The zero-order valence-corrected chi connectivity index (χ0v) is 12.3. The summed E-state index contributed by atoms with van der Waals surface area (Å²) >= 11 is 0. The molecule has 1 rings (SSSR count). The molecule has 1 aliphatic heterocycles. The first-order valence-electron chi connectivity index (χ1n) is 7.30. The van der Waals surface area contributed by atoms with Crippen LogP contribution in [0, 0.1) is 5.41 Å². The van der Waals surface area contributed by atoms with Gasteiger partial charge in [-0.1, -0.05) is 6.58 Å². The fourth-order valence-corrected chi connectivity index (χ4v) is 2.39. The quantitative estimate of drug-likeness (QED) is 0.193. The normalized spacial score (nSPS) is 25.2. The van der Waals surface area contributed by atoms with Crippen molar-refractivity contribution < 1.29 is 5.11 Å². The minimum absolute atomic E-state index is 0.0943. The van der Waals surface area contributed by atoms with Crippen molar-refractivity contribution in [3.05, 3.63) is 12.3 Å². The van der Waals surface area contributed by atoms with Crippen LogP contribution >= 0.6 is 0 Å². The Hall–Kier alpha value is -0.700. The summed E-state index contributed by atoms with van der Waals surface area (Å²) in [5.74, 6) is 0. The van der Waals surface area contributed by atoms with Crippen molar-refractivity contribution in [2.24, 2.45) is 16.9 Å². The first-order chi connectivity index (χ1) is 9.71. The molecular weight excluding hydrogens is 256 g/mol. The van der Waals surface area contributed by atoms with E-state index in [-0.39, 0.29) is 18.1 Å². The third-order valence-corrected chi connectivity index (χ3v) is 3.84. The van der Waals surface area contributed by atoms with E-state index in [2.05, 4.69) is 27.8 Å². The molecule has 0 aromatic rings. The van der Waals surface area contributed by atoms with Crippen molar-refractivity contribution >= 4 is 0 Å². The van der Waals surface area contributed by atoms with Crippen molar-refractivity contribution in [2.75, 3.05) is 59.0 Å². The molecule has 0 bridgehead atoms. The third kappa shape index (κ3) is 4.41. The van der Waals surface area contributed by atoms with Crippen molar-refractivity contribution in [1.82, 2.24) is 21.3 Å². The average Bonchev–Trinajstić information content (AvgIpc) is 2.43. The molecule has 1 aliphatic rings. The molecule has 0 spiro atoms. The minimum atomic E-state index is -0.282. The topological polar surface area (TPSA) is 120 Å². The highest BCUT2D eigenvalue weighted by Gasteiger charge is 2.48. The van der Waals surface area contributed by atoms with Crippen molar-refractivity contribution in [2.45, 2.75) is 6.04 Å². The number of aliphatic hydroxyl groups is 1. The average molecular weight is 286 g/mol. The van der Waals surface area contributed by atoms with E-state index in [0.717, 1.165) is 45.0 Å². The molecule has 0 radical (unpaired) electrons. The van der Waals surface area contributed by atoms with Gasteiger partial charge in [-0.15, -0.1) is 0 Å². The number of rotatable bonds is 12. The van der Waals surface area contributed by atoms with Crippen LogP contribution in [0.5, 0.6) is 0 Å². The van der Waals surface area contributed by atoms with Crippen LogP contribution in [-0.2, 0) is 0 Å². The molecule has 0 aromatic heterocycles. The predicted molar refractivity (Wildman–Crippen MR) is 82.3 cm³/mol. The van der Waals surface area contributed by atoms with E-state index in [0.29, 0.717) is 13.1 Å². The minimum Gasteiger partial charge on any atom is -0.395 e. The van der Waals surface area contributed by atoms with E-state index >= 15 is 0 Å². The van der Waals surface area contributed by atoms with E-state index < -0.39 is 0 Å². The monoisotopic (exact) mass is 286 g/mol. The molecule has 7 heteroatoms. The van der Waals surface area contributed by atoms with E-state index in [4.69, 9.17) is 11.5 Å². The summed E-state index contributed by atoms with van der Waals surface area (Å²) in [7, 11) is 0. The predicted octanol–water partition coefficient (Wildman–Crippen LogP) is -2.86. The Morgan fingerprint density at radius 1 is 1.20 bits per heavy atom. The van der Waals surface area contributed by atoms with E-state index in [1.54, 1.807) is 0 Å². The molecule has 1 heterocycles. The highest BCUT2D eigenvalue weighted by molar-refractivity contribution is 5.21. The highest BCUT2D eigenvalue weighted by Crippen LogP contribution is 2.34. The van der Waals surface area contributed by atoms with Gasteiger partial charge in [0, 0.05) is 64.1 Å². The first-order valence-corrected chi connectivity index (χ1v) is 7.30. The number of hydrogen-bond acceptors (Lipinski definition) is 7. The second-order valence-electron chi connectivity index (χ2n) is 5.18. The van der Waals surface area contributed by atoms with E-state index in [9.17, 15) is 5.11 Å². The second kappa shape index (κ2) is 9.28. The molecule has 1 saturated heterocycles. The molecule has 118 valence electrons. The van der Waals surface area contributed by atoms with Gasteiger partial charge in [0.15, 0.2) is 0 Å². The Balaban J connectivity index is 2.33. The van der Waals surface area contributed by atoms with Gasteiger partial charge in [0.2, 0.25) is 0 Å². The van der Waals surface area contributed by atoms with Crippen molar-refractivity contribution in [3.63, 3.8) is 0 Å². The van der Waals surface area contributed by atoms with Gasteiger partial charge in [0.1, 0.15) is 0 Å². The Bertz CT molecular complexity index is 284. The van der Waals surface area contributed by atoms with Gasteiger partial charge in [0.25, 0.3) is 0 Å². The van der Waals surface area contributed by atoms with Crippen molar-refractivity contribution in [3.8, 4) is 0 Å². The Labute approximate surface area is 121 Å². The molecule has 0 amide bonds. The molecule has 9 N–H and O–H groups in total. The molecule has 1 fully saturated rings. The maximum absolute atomic E-state index is 9.75. The van der Waals surface area contributed by atoms with Crippen LogP contribution in [0.3, 0.4) is 0 Å². The van der Waals surface area contributed by atoms with Crippen molar-refractivity contribution in [1.29, 1.82) is 0 Å². The van der Waals surface area contributed by atoms with E-state index in [1.807, 2.05) is 0 Å². The Morgan fingerprint density at radius 3 is 2.45 bits per heavy atom. The Kier molecular flexibility index (Phi) is 8.05. The number of nitrogens with two attached hydrogens (primary N) is 2. The standard InChI is InChI=1S/C13H30N6O/c1-11(18-7-6-16-4-2-14)13(10-20)9-19-12(13)8-17-5-3-15/h12,16-20H,1-10,14-15H2. The number of hydrogen-bond donors (Lipinski definition) is 7. The zero-order chi connectivity index (χ0) is 14.8. The van der Waals surface area contributed by atoms with Gasteiger partial charge >= 0.3 is 0 Å². The number of nitrogens with one attached hydrogen (secondary N) is 4. The van der Waals surface area contributed by atoms with E-state index in [1.165, 1.54) is 0 Å². The zero-order valence-electron chi connectivity index (χ0n) is 12.3. The third-order valence-electron chi connectivity index (χ3n) is 3.84. The highest BCUT2D eigenvalue weighted by atomic mass is 16.3. The summed E-state index contributed by atoms with van der Waals surface area (Å²) in [5, 5.41) is 22.9. The van der Waals surface area contributed by atoms with Gasteiger partial charge in [-0.3, -0.25) is 0 Å². The lowest BCUT2D eigenvalue weighted by Crippen LogP contribution is -2.69. The largest absolute Gasteiger partial charge is 0.395 e. The van der Waals surface area contributed by atoms with Crippen LogP contribution < -0.4 is 32.7 Å². The Morgan fingerprint density at radius 2 is 1.90 bits per heavy atom. The molecule has 0 aromatic carbocycles. The smallest absolute Gasteiger partial charge is 0.0614 e. The van der Waals surface area contributed by atoms with Crippen LogP contribution in [0.2, 0.25) is 0 Å². The number of aliphatic hydroxyl groups excluding tert-OH is 1. The SMILES string of the molecule is C=C(NCCNCCN)C1(CO)CNC1CNCCN. The lowest BCUT2D eigenvalue weighted by Gasteiger charge is -2.51. The maximum Gasteiger partial charge on any atom is 0.0614 e. The summed E-state index contributed by atoms with van der Waals surface area (Å²) < 4.78 is 0. The molecule has 20 heavy (non-hydrogen) atoms. The molecule has 2 unspecified atom stereocenters. The molecule has 0 aliphatic carbocycles. The fourth-order valence-electron chi connectivity index (χ4n) is 2.39. The van der Waals surface area contributed by atoms with Gasteiger partial charge < -0.3 is 37.8 Å². The summed E-state index contributed by atoms with van der Waals surface area (Å²) in [6.07, 6.45) is 0. The fraction of sp³-hybridized carbons (Fsp3) is 0.846. The van der Waals surface area contributed by atoms with Crippen LogP contribution in [0.4, 0.5) is 0 Å². The summed E-state index contributed by atoms with van der Waals surface area (Å²) in [4.78, 5) is 0. The summed E-state index contributed by atoms with van der Waals surface area (Å²) in [6, 6.07) is 0.191. The lowest BCUT2D eigenvalue weighted by molar-refractivity contribution is 0.0418. The first kappa shape index (κ1) is 17.4. The van der Waals surface area contributed by atoms with Crippen LogP contribution in [-0.4, -0.2) is 70.1 Å². The van der Waals surface area contributed by atoms with Gasteiger partial charge in [-0.05, 0) is 0 Å². The van der Waals surface area contributed by atoms with Crippen LogP contribution in [0.15, 0.2) is 12.3 Å². The molecule has 0 saturated carbocycles. The van der Waals surface area contributed by atoms with Gasteiger partial charge in [0.05, 0.1) is 12.0 Å². The van der Waals surface area contributed by atoms with Gasteiger partial charge in [-0.25, -0.2) is 0 Å². The molecular formula is C13H30N6O.